The number of nitrogen functional groups attached to an aromatic ring is 1. The van der Waals surface area contributed by atoms with E-state index in [4.69, 9.17) is 35.1 Å². The second kappa shape index (κ2) is 22.0. The zero-order valence-corrected chi connectivity index (χ0v) is 44.5. The summed E-state index contributed by atoms with van der Waals surface area (Å²) in [4.78, 5) is 73.0. The number of carbonyl (C=O) groups is 2. The van der Waals surface area contributed by atoms with Gasteiger partial charge in [0.1, 0.15) is 28.4 Å². The highest BCUT2D eigenvalue weighted by atomic mass is 19.1. The SMILES string of the molecule is CN(C)Cc1ccc(CN2CCC(F)(C(=O)N3CCC(n4c(-c5ccc(Cc6ccc7c(c6)nc(-c6ccccn6)n7C6CCN(C(=O)N7CCN(Cc8cnc(N)nc8)CC7)CC6)cn5)nc5cccnc54)CC3)CC2)o1. The van der Waals surface area contributed by atoms with Gasteiger partial charge in [-0.15, -0.1) is 0 Å². The van der Waals surface area contributed by atoms with E-state index >= 15 is 4.39 Å². The van der Waals surface area contributed by atoms with Crippen LogP contribution < -0.4 is 5.73 Å². The van der Waals surface area contributed by atoms with Crippen LogP contribution in [0.2, 0.25) is 0 Å². The number of hydrogen-bond acceptors (Lipinski definition) is 14. The fraction of sp³-hybridized carbons (Fsp3) is 0.431. The predicted octanol–water partition coefficient (Wildman–Crippen LogP) is 7.27. The van der Waals surface area contributed by atoms with Gasteiger partial charge in [0.05, 0.1) is 24.1 Å². The lowest BCUT2D eigenvalue weighted by atomic mass is 9.90. The Balaban J connectivity index is 0.687. The zero-order chi connectivity index (χ0) is 53.3. The standard InChI is InChI=1S/C58H67FN16O3/c1-68(2)38-45-10-11-46(78-45)39-69-26-18-58(59,19-27-69)55(76)71-22-14-44(15-23-71)75-52-49(7-5-21-62-52)66-54(75)48-12-8-41(34-63-48)32-40-9-13-51-50(33-40)67-53(47-6-3-4-20-61-47)74(51)43-16-24-72(25-17-43)57(77)73-30-28-70(29-31-73)37-42-35-64-56(60)65-36-42/h3-13,20-21,33-36,43-44H,14-19,22-32,37-39H2,1-2H3,(H2,60,64,65). The van der Waals surface area contributed by atoms with Crippen LogP contribution in [-0.2, 0) is 30.8 Å². The summed E-state index contributed by atoms with van der Waals surface area (Å²) in [6, 6.07) is 24.7. The summed E-state index contributed by atoms with van der Waals surface area (Å²) in [5.41, 5.74) is 12.0. The molecule has 19 nitrogen and oxygen atoms in total. The molecule has 4 aliphatic rings. The minimum atomic E-state index is -1.88. The van der Waals surface area contributed by atoms with Crippen molar-refractivity contribution in [3.63, 3.8) is 0 Å². The van der Waals surface area contributed by atoms with Crippen LogP contribution in [0.5, 0.6) is 0 Å². The molecular weight excluding hydrogens is 988 g/mol. The zero-order valence-electron chi connectivity index (χ0n) is 44.5. The molecule has 3 amide bonds. The number of aromatic nitrogens is 9. The minimum Gasteiger partial charge on any atom is -0.463 e. The van der Waals surface area contributed by atoms with Gasteiger partial charge in [0, 0.05) is 133 Å². The Labute approximate surface area is 452 Å². The number of nitrogens with zero attached hydrogens (tertiary/aromatic N) is 15. The number of urea groups is 1. The molecule has 8 aromatic rings. The average Bonchev–Trinajstić information content (AvgIpc) is 4.30. The van der Waals surface area contributed by atoms with Crippen LogP contribution in [0.3, 0.4) is 0 Å². The molecule has 0 saturated carbocycles. The number of furan rings is 1. The molecule has 0 unspecified atom stereocenters. The molecule has 0 spiro atoms. The summed E-state index contributed by atoms with van der Waals surface area (Å²) in [5.74, 6) is 3.19. The summed E-state index contributed by atoms with van der Waals surface area (Å²) in [5, 5.41) is 0. The van der Waals surface area contributed by atoms with Crippen molar-refractivity contribution >= 4 is 40.1 Å². The van der Waals surface area contributed by atoms with Crippen molar-refractivity contribution in [3.8, 4) is 23.0 Å². The molecule has 12 rings (SSSR count). The third kappa shape index (κ3) is 10.8. The van der Waals surface area contributed by atoms with Crippen LogP contribution in [0.25, 0.3) is 45.2 Å². The number of pyridine rings is 3. The first-order valence-corrected chi connectivity index (χ1v) is 27.5. The van der Waals surface area contributed by atoms with Crippen molar-refractivity contribution in [1.29, 1.82) is 0 Å². The number of likely N-dealkylation sites (tertiary alicyclic amines) is 3. The van der Waals surface area contributed by atoms with Gasteiger partial charge in [-0.25, -0.2) is 34.1 Å². The predicted molar refractivity (Wildman–Crippen MR) is 294 cm³/mol. The number of alkyl halides is 1. The monoisotopic (exact) mass is 1050 g/mol. The molecule has 11 heterocycles. The van der Waals surface area contributed by atoms with Crippen LogP contribution in [0.1, 0.15) is 78.8 Å². The minimum absolute atomic E-state index is 0.00162. The number of halogens is 1. The summed E-state index contributed by atoms with van der Waals surface area (Å²) in [7, 11) is 4.01. The van der Waals surface area contributed by atoms with E-state index in [0.717, 1.165) is 112 Å². The lowest BCUT2D eigenvalue weighted by Gasteiger charge is -2.40. The number of amides is 3. The molecule has 4 aliphatic heterocycles. The maximum absolute atomic E-state index is 16.5. The van der Waals surface area contributed by atoms with Crippen LogP contribution in [-0.4, -0.2) is 171 Å². The highest BCUT2D eigenvalue weighted by Gasteiger charge is 2.45. The maximum Gasteiger partial charge on any atom is 0.320 e. The largest absolute Gasteiger partial charge is 0.463 e. The summed E-state index contributed by atoms with van der Waals surface area (Å²) < 4.78 is 27.0. The van der Waals surface area contributed by atoms with Gasteiger partial charge in [-0.05, 0) is 112 Å². The lowest BCUT2D eigenvalue weighted by Crippen LogP contribution is -2.53. The number of anilines is 1. The number of piperidine rings is 3. The summed E-state index contributed by atoms with van der Waals surface area (Å²) in [6.07, 6.45) is 12.9. The number of hydrogen-bond donors (Lipinski definition) is 1. The number of fused-ring (bicyclic) bond motifs is 2. The summed E-state index contributed by atoms with van der Waals surface area (Å²) >= 11 is 0. The fourth-order valence-corrected chi connectivity index (χ4v) is 12.0. The van der Waals surface area contributed by atoms with Crippen molar-refractivity contribution in [3.05, 3.63) is 132 Å². The van der Waals surface area contributed by atoms with E-state index in [2.05, 4.69) is 58.1 Å². The molecule has 0 aliphatic carbocycles. The van der Waals surface area contributed by atoms with Gasteiger partial charge in [-0.3, -0.25) is 24.6 Å². The third-order valence-electron chi connectivity index (χ3n) is 16.2. The average molecular weight is 1060 g/mol. The normalized spacial score (nSPS) is 18.2. The van der Waals surface area contributed by atoms with Gasteiger partial charge in [-0.1, -0.05) is 18.2 Å². The highest BCUT2D eigenvalue weighted by molar-refractivity contribution is 5.85. The summed E-state index contributed by atoms with van der Waals surface area (Å²) in [6.45, 7) is 8.22. The van der Waals surface area contributed by atoms with Crippen molar-refractivity contribution in [2.75, 3.05) is 85.3 Å². The third-order valence-corrected chi connectivity index (χ3v) is 16.2. The molecule has 78 heavy (non-hydrogen) atoms. The Kier molecular flexibility index (Phi) is 14.4. The Bertz CT molecular complexity index is 3370. The number of nitrogens with two attached hydrogens (primary N) is 1. The Morgan fingerprint density at radius 1 is 0.628 bits per heavy atom. The quantitative estimate of drug-likeness (QED) is 0.121. The van der Waals surface area contributed by atoms with E-state index < -0.39 is 11.6 Å². The van der Waals surface area contributed by atoms with E-state index in [9.17, 15) is 9.59 Å². The Hall–Kier alpha value is -7.68. The molecule has 0 radical (unpaired) electrons. The van der Waals surface area contributed by atoms with Crippen molar-refractivity contribution in [2.45, 2.75) is 82.3 Å². The van der Waals surface area contributed by atoms with E-state index in [-0.39, 0.29) is 36.9 Å². The molecule has 0 bridgehead atoms. The van der Waals surface area contributed by atoms with Crippen LogP contribution >= 0.6 is 0 Å². The lowest BCUT2D eigenvalue weighted by molar-refractivity contribution is -0.149. The Morgan fingerprint density at radius 2 is 1.27 bits per heavy atom. The van der Waals surface area contributed by atoms with Gasteiger partial charge in [0.2, 0.25) is 5.95 Å². The second-order valence-electron chi connectivity index (χ2n) is 21.8. The first kappa shape index (κ1) is 51.1. The fourth-order valence-electron chi connectivity index (χ4n) is 12.0. The van der Waals surface area contributed by atoms with Crippen LogP contribution in [0.15, 0.2) is 108 Å². The van der Waals surface area contributed by atoms with E-state index in [1.54, 1.807) is 23.5 Å². The molecule has 2 N–H and O–H groups in total. The van der Waals surface area contributed by atoms with Gasteiger partial charge < -0.3 is 38.9 Å². The molecule has 0 atom stereocenters. The van der Waals surface area contributed by atoms with Gasteiger partial charge in [0.15, 0.2) is 23.0 Å². The van der Waals surface area contributed by atoms with Gasteiger partial charge in [0.25, 0.3) is 5.91 Å². The van der Waals surface area contributed by atoms with Crippen molar-refractivity contribution in [2.24, 2.45) is 0 Å². The van der Waals surface area contributed by atoms with Gasteiger partial charge >= 0.3 is 6.03 Å². The first-order valence-electron chi connectivity index (χ1n) is 27.5. The van der Waals surface area contributed by atoms with Crippen LogP contribution in [0.4, 0.5) is 15.1 Å². The van der Waals surface area contributed by atoms with Crippen molar-refractivity contribution in [1.82, 2.24) is 73.4 Å². The molecule has 7 aromatic heterocycles. The number of imidazole rings is 2. The highest BCUT2D eigenvalue weighted by Crippen LogP contribution is 2.37. The molecule has 404 valence electrons. The Morgan fingerprint density at radius 3 is 1.99 bits per heavy atom. The van der Waals surface area contributed by atoms with Crippen LogP contribution in [0, 0.1) is 0 Å². The van der Waals surface area contributed by atoms with E-state index in [1.807, 2.05) is 84.8 Å². The maximum atomic E-state index is 16.5. The molecule has 4 fully saturated rings. The van der Waals surface area contributed by atoms with Crippen molar-refractivity contribution < 1.29 is 18.4 Å². The number of piperazine rings is 1. The number of rotatable bonds is 13. The molecule has 20 heteroatoms. The number of benzene rings is 1. The topological polar surface area (TPSA) is 193 Å². The molecule has 4 saturated heterocycles. The number of carbonyl (C=O) groups excluding carboxylic acids is 2. The second-order valence-corrected chi connectivity index (χ2v) is 21.8. The van der Waals surface area contributed by atoms with E-state index in [1.165, 1.54) is 0 Å². The first-order chi connectivity index (χ1) is 38.0. The van der Waals surface area contributed by atoms with Gasteiger partial charge in [-0.2, -0.15) is 0 Å². The molecule has 1 aromatic carbocycles. The smallest absolute Gasteiger partial charge is 0.320 e. The van der Waals surface area contributed by atoms with E-state index in [0.29, 0.717) is 78.2 Å². The molecular formula is C58H67FN16O3.